The van der Waals surface area contributed by atoms with E-state index in [2.05, 4.69) is 41.5 Å². The molecule has 0 spiro atoms. The molecule has 1 aromatic heterocycles. The number of likely N-dealkylation sites (tertiary alicyclic amines) is 1. The molecular formula is C20H26N4O2S. The van der Waals surface area contributed by atoms with E-state index in [1.54, 1.807) is 4.90 Å². The zero-order chi connectivity index (χ0) is 19.2. The van der Waals surface area contributed by atoms with Gasteiger partial charge in [-0.3, -0.25) is 9.59 Å². The molecule has 1 unspecified atom stereocenters. The van der Waals surface area contributed by atoms with Crippen LogP contribution in [0.2, 0.25) is 0 Å². The van der Waals surface area contributed by atoms with Gasteiger partial charge in [-0.05, 0) is 24.8 Å². The zero-order valence-electron chi connectivity index (χ0n) is 15.9. The van der Waals surface area contributed by atoms with Crippen LogP contribution in [-0.2, 0) is 16.0 Å². The molecule has 0 saturated carbocycles. The normalized spacial score (nSPS) is 16.9. The Morgan fingerprint density at radius 3 is 2.70 bits per heavy atom. The molecular weight excluding hydrogens is 360 g/mol. The summed E-state index contributed by atoms with van der Waals surface area (Å²) in [6.45, 7) is 5.37. The van der Waals surface area contributed by atoms with E-state index in [4.69, 9.17) is 0 Å². The third-order valence-corrected chi connectivity index (χ3v) is 6.11. The summed E-state index contributed by atoms with van der Waals surface area (Å²) >= 11 is 1.43. The van der Waals surface area contributed by atoms with Crippen molar-refractivity contribution in [2.45, 2.75) is 45.4 Å². The van der Waals surface area contributed by atoms with Crippen molar-refractivity contribution in [3.63, 3.8) is 0 Å². The maximum Gasteiger partial charge on any atom is 0.231 e. The lowest BCUT2D eigenvalue weighted by Crippen LogP contribution is -2.30. The predicted octanol–water partition coefficient (Wildman–Crippen LogP) is 3.47. The van der Waals surface area contributed by atoms with Gasteiger partial charge in [0.25, 0.3) is 0 Å². The average molecular weight is 387 g/mol. The molecule has 1 aliphatic rings. The summed E-state index contributed by atoms with van der Waals surface area (Å²) in [7, 11) is 0. The standard InChI is InChI=1S/C20H26N4O2S/c1-3-15(4-2)19-22-23-20(27-19)21-18(26)16-12-17(25)24(13-16)11-10-14-8-6-5-7-9-14/h5-9,15-16H,3-4,10-13H2,1-2H3,(H,21,23,26). The Kier molecular flexibility index (Phi) is 6.55. The minimum absolute atomic E-state index is 0.0427. The number of hydrogen-bond acceptors (Lipinski definition) is 5. The molecule has 2 amide bonds. The summed E-state index contributed by atoms with van der Waals surface area (Å²) < 4.78 is 0. The van der Waals surface area contributed by atoms with Crippen LogP contribution in [-0.4, -0.2) is 40.0 Å². The van der Waals surface area contributed by atoms with E-state index in [0.717, 1.165) is 24.3 Å². The molecule has 0 aliphatic carbocycles. The number of nitrogens with one attached hydrogen (secondary N) is 1. The van der Waals surface area contributed by atoms with Gasteiger partial charge in [-0.1, -0.05) is 55.5 Å². The second-order valence-electron chi connectivity index (χ2n) is 6.92. The number of aromatic nitrogens is 2. The summed E-state index contributed by atoms with van der Waals surface area (Å²) in [5.41, 5.74) is 1.20. The van der Waals surface area contributed by atoms with Crippen molar-refractivity contribution in [1.82, 2.24) is 15.1 Å². The Balaban J connectivity index is 1.53. The first-order chi connectivity index (χ1) is 13.1. The fourth-order valence-electron chi connectivity index (χ4n) is 3.37. The van der Waals surface area contributed by atoms with Crippen molar-refractivity contribution in [3.05, 3.63) is 40.9 Å². The molecule has 2 heterocycles. The highest BCUT2D eigenvalue weighted by atomic mass is 32.1. The van der Waals surface area contributed by atoms with Crippen molar-refractivity contribution in [2.75, 3.05) is 18.4 Å². The molecule has 6 nitrogen and oxygen atoms in total. The number of carbonyl (C=O) groups is 2. The molecule has 2 aromatic rings. The molecule has 1 atom stereocenters. The van der Waals surface area contributed by atoms with Crippen LogP contribution in [0.25, 0.3) is 0 Å². The van der Waals surface area contributed by atoms with E-state index < -0.39 is 0 Å². The van der Waals surface area contributed by atoms with Gasteiger partial charge in [0.05, 0.1) is 5.92 Å². The van der Waals surface area contributed by atoms with Crippen LogP contribution in [0.15, 0.2) is 30.3 Å². The van der Waals surface area contributed by atoms with Gasteiger partial charge >= 0.3 is 0 Å². The van der Waals surface area contributed by atoms with Crippen LogP contribution >= 0.6 is 11.3 Å². The van der Waals surface area contributed by atoms with E-state index in [1.807, 2.05) is 18.2 Å². The highest BCUT2D eigenvalue weighted by Gasteiger charge is 2.34. The number of hydrogen-bond donors (Lipinski definition) is 1. The van der Waals surface area contributed by atoms with Gasteiger partial charge in [0.1, 0.15) is 5.01 Å². The summed E-state index contributed by atoms with van der Waals surface area (Å²) in [6.07, 6.45) is 3.08. The quantitative estimate of drug-likeness (QED) is 0.754. The number of benzene rings is 1. The topological polar surface area (TPSA) is 75.2 Å². The first-order valence-corrected chi connectivity index (χ1v) is 10.4. The van der Waals surface area contributed by atoms with Gasteiger partial charge in [-0.25, -0.2) is 0 Å². The number of anilines is 1. The number of carbonyl (C=O) groups excluding carboxylic acids is 2. The smallest absolute Gasteiger partial charge is 0.231 e. The molecule has 1 N–H and O–H groups in total. The van der Waals surface area contributed by atoms with Crippen molar-refractivity contribution in [3.8, 4) is 0 Å². The van der Waals surface area contributed by atoms with E-state index in [0.29, 0.717) is 24.1 Å². The van der Waals surface area contributed by atoms with E-state index in [1.165, 1.54) is 16.9 Å². The maximum absolute atomic E-state index is 12.5. The maximum atomic E-state index is 12.5. The van der Waals surface area contributed by atoms with E-state index >= 15 is 0 Å². The molecule has 3 rings (SSSR count). The summed E-state index contributed by atoms with van der Waals surface area (Å²) in [4.78, 5) is 26.6. The highest BCUT2D eigenvalue weighted by molar-refractivity contribution is 7.15. The molecule has 1 fully saturated rings. The van der Waals surface area contributed by atoms with E-state index in [9.17, 15) is 9.59 Å². The van der Waals surface area contributed by atoms with Gasteiger partial charge < -0.3 is 10.2 Å². The molecule has 1 saturated heterocycles. The Labute approximate surface area is 164 Å². The predicted molar refractivity (Wildman–Crippen MR) is 107 cm³/mol. The van der Waals surface area contributed by atoms with Crippen LogP contribution in [0.5, 0.6) is 0 Å². The summed E-state index contributed by atoms with van der Waals surface area (Å²) in [5.74, 6) is -0.0395. The largest absolute Gasteiger partial charge is 0.342 e. The second-order valence-corrected chi connectivity index (χ2v) is 7.93. The summed E-state index contributed by atoms with van der Waals surface area (Å²) in [6, 6.07) is 10.1. The van der Waals surface area contributed by atoms with Crippen molar-refractivity contribution < 1.29 is 9.59 Å². The van der Waals surface area contributed by atoms with E-state index in [-0.39, 0.29) is 24.2 Å². The molecule has 1 aromatic carbocycles. The highest BCUT2D eigenvalue weighted by Crippen LogP contribution is 2.29. The second kappa shape index (κ2) is 9.08. The first-order valence-electron chi connectivity index (χ1n) is 9.56. The van der Waals surface area contributed by atoms with Crippen molar-refractivity contribution >= 4 is 28.3 Å². The van der Waals surface area contributed by atoms with Gasteiger partial charge in [0.15, 0.2) is 0 Å². The Morgan fingerprint density at radius 2 is 2.00 bits per heavy atom. The number of rotatable bonds is 8. The molecule has 7 heteroatoms. The fraction of sp³-hybridized carbons (Fsp3) is 0.500. The molecule has 0 bridgehead atoms. The Hall–Kier alpha value is -2.28. The lowest BCUT2D eigenvalue weighted by atomic mass is 10.1. The van der Waals surface area contributed by atoms with Gasteiger partial charge in [0, 0.05) is 25.4 Å². The van der Waals surface area contributed by atoms with Crippen LogP contribution in [0.1, 0.15) is 49.6 Å². The van der Waals surface area contributed by atoms with Crippen molar-refractivity contribution in [1.29, 1.82) is 0 Å². The molecule has 144 valence electrons. The molecule has 0 radical (unpaired) electrons. The van der Waals surface area contributed by atoms with Gasteiger partial charge in [0.2, 0.25) is 16.9 Å². The zero-order valence-corrected chi connectivity index (χ0v) is 16.7. The lowest BCUT2D eigenvalue weighted by Gasteiger charge is -2.16. The Bertz CT molecular complexity index is 773. The fourth-order valence-corrected chi connectivity index (χ4v) is 4.38. The van der Waals surface area contributed by atoms with Crippen LogP contribution < -0.4 is 5.32 Å². The minimum atomic E-state index is -0.325. The third kappa shape index (κ3) is 4.91. The SMILES string of the molecule is CCC(CC)c1nnc(NC(=O)C2CC(=O)N(CCc3ccccc3)C2)s1. The number of amides is 2. The van der Waals surface area contributed by atoms with Crippen LogP contribution in [0.4, 0.5) is 5.13 Å². The Morgan fingerprint density at radius 1 is 1.26 bits per heavy atom. The monoisotopic (exact) mass is 386 g/mol. The van der Waals surface area contributed by atoms with Gasteiger partial charge in [-0.2, -0.15) is 0 Å². The minimum Gasteiger partial charge on any atom is -0.342 e. The third-order valence-electron chi connectivity index (χ3n) is 5.10. The van der Waals surface area contributed by atoms with Crippen molar-refractivity contribution in [2.24, 2.45) is 5.92 Å². The van der Waals surface area contributed by atoms with Crippen LogP contribution in [0, 0.1) is 5.92 Å². The number of nitrogens with zero attached hydrogens (tertiary/aromatic N) is 3. The first kappa shape index (κ1) is 19.5. The average Bonchev–Trinajstić information content (AvgIpc) is 3.29. The van der Waals surface area contributed by atoms with Crippen LogP contribution in [0.3, 0.4) is 0 Å². The lowest BCUT2D eigenvalue weighted by molar-refractivity contribution is -0.128. The van der Waals surface area contributed by atoms with Gasteiger partial charge in [-0.15, -0.1) is 10.2 Å². The molecule has 27 heavy (non-hydrogen) atoms. The summed E-state index contributed by atoms with van der Waals surface area (Å²) in [5, 5.41) is 12.6. The molecule has 1 aliphatic heterocycles.